The van der Waals surface area contributed by atoms with Crippen molar-refractivity contribution in [3.8, 4) is 11.1 Å². The summed E-state index contributed by atoms with van der Waals surface area (Å²) in [7, 11) is 0. The van der Waals surface area contributed by atoms with E-state index in [0.717, 1.165) is 5.69 Å². The van der Waals surface area contributed by atoms with Crippen molar-refractivity contribution in [2.75, 3.05) is 0 Å². The summed E-state index contributed by atoms with van der Waals surface area (Å²) in [6.07, 6.45) is 0. The summed E-state index contributed by atoms with van der Waals surface area (Å²) >= 11 is 0. The van der Waals surface area contributed by atoms with Gasteiger partial charge in [0.15, 0.2) is 0 Å². The van der Waals surface area contributed by atoms with E-state index >= 15 is 0 Å². The van der Waals surface area contributed by atoms with Crippen LogP contribution in [-0.4, -0.2) is 9.78 Å². The van der Waals surface area contributed by atoms with E-state index in [9.17, 15) is 0 Å². The number of hydrogen-bond acceptors (Lipinski definition) is 1. The Bertz CT molecular complexity index is 560. The van der Waals surface area contributed by atoms with Gasteiger partial charge < -0.3 is 0 Å². The summed E-state index contributed by atoms with van der Waals surface area (Å²) in [5, 5.41) is 4.66. The quantitative estimate of drug-likeness (QED) is 0.766. The third kappa shape index (κ3) is 2.58. The highest BCUT2D eigenvalue weighted by atomic mass is 15.3. The Morgan fingerprint density at radius 2 is 1.53 bits per heavy atom. The highest BCUT2D eigenvalue weighted by Crippen LogP contribution is 2.29. The highest BCUT2D eigenvalue weighted by Gasteiger charge is 2.15. The number of hydrogen-bond donors (Lipinski definition) is 0. The Hall–Kier alpha value is -1.57. The summed E-state index contributed by atoms with van der Waals surface area (Å²) in [6.45, 7) is 13.0. The van der Waals surface area contributed by atoms with Crippen molar-refractivity contribution >= 4 is 0 Å². The van der Waals surface area contributed by atoms with E-state index in [1.165, 1.54) is 22.4 Å². The van der Waals surface area contributed by atoms with Gasteiger partial charge in [-0.1, -0.05) is 38.1 Å². The maximum Gasteiger partial charge on any atom is 0.0675 e. The minimum Gasteiger partial charge on any atom is -0.266 e. The van der Waals surface area contributed by atoms with Crippen LogP contribution >= 0.6 is 0 Å². The molecule has 0 amide bonds. The van der Waals surface area contributed by atoms with Crippen molar-refractivity contribution in [3.05, 3.63) is 41.2 Å². The van der Waals surface area contributed by atoms with Gasteiger partial charge in [-0.3, -0.25) is 4.68 Å². The fraction of sp³-hybridized carbons (Fsp3) is 0.471. The molecule has 0 aliphatic carbocycles. The minimum atomic E-state index is 0.405. The molecule has 1 aromatic carbocycles. The Labute approximate surface area is 116 Å². The van der Waals surface area contributed by atoms with Crippen molar-refractivity contribution in [1.29, 1.82) is 0 Å². The Balaban J connectivity index is 2.47. The normalized spacial score (nSPS) is 11.6. The molecule has 2 heteroatoms. The van der Waals surface area contributed by atoms with Crippen LogP contribution in [0.2, 0.25) is 0 Å². The van der Waals surface area contributed by atoms with Crippen molar-refractivity contribution in [2.24, 2.45) is 0 Å². The lowest BCUT2D eigenvalue weighted by Crippen LogP contribution is -2.04. The Morgan fingerprint density at radius 1 is 0.947 bits per heavy atom. The Kier molecular flexibility index (Phi) is 3.79. The molecule has 0 saturated heterocycles. The molecule has 0 atom stereocenters. The molecule has 2 nitrogen and oxygen atoms in total. The Morgan fingerprint density at radius 3 is 1.95 bits per heavy atom. The van der Waals surface area contributed by atoms with Gasteiger partial charge in [0, 0.05) is 17.3 Å². The van der Waals surface area contributed by atoms with Crippen molar-refractivity contribution in [2.45, 2.75) is 53.5 Å². The number of aromatic nitrogens is 2. The summed E-state index contributed by atoms with van der Waals surface area (Å²) in [6, 6.07) is 9.30. The zero-order valence-corrected chi connectivity index (χ0v) is 12.9. The van der Waals surface area contributed by atoms with E-state index in [4.69, 9.17) is 0 Å². The van der Waals surface area contributed by atoms with E-state index in [0.29, 0.717) is 12.0 Å². The summed E-state index contributed by atoms with van der Waals surface area (Å²) in [4.78, 5) is 0. The van der Waals surface area contributed by atoms with E-state index in [1.54, 1.807) is 0 Å². The van der Waals surface area contributed by atoms with E-state index in [1.807, 2.05) is 0 Å². The van der Waals surface area contributed by atoms with Gasteiger partial charge in [0.05, 0.1) is 5.69 Å². The van der Waals surface area contributed by atoms with Crippen LogP contribution in [0.15, 0.2) is 24.3 Å². The first-order valence-electron chi connectivity index (χ1n) is 7.07. The van der Waals surface area contributed by atoms with Crippen LogP contribution in [0.3, 0.4) is 0 Å². The lowest BCUT2D eigenvalue weighted by Gasteiger charge is -2.10. The van der Waals surface area contributed by atoms with Crippen molar-refractivity contribution in [3.63, 3.8) is 0 Å². The molecule has 0 saturated carbocycles. The van der Waals surface area contributed by atoms with Crippen LogP contribution in [-0.2, 0) is 0 Å². The third-order valence-electron chi connectivity index (χ3n) is 3.68. The van der Waals surface area contributed by atoms with Crippen LogP contribution in [0.5, 0.6) is 0 Å². The fourth-order valence-corrected chi connectivity index (χ4v) is 2.62. The molecule has 0 spiro atoms. The average molecular weight is 256 g/mol. The summed E-state index contributed by atoms with van der Waals surface area (Å²) < 4.78 is 2.11. The number of nitrogens with zero attached hydrogens (tertiary/aromatic N) is 2. The van der Waals surface area contributed by atoms with Gasteiger partial charge in [0.1, 0.15) is 0 Å². The smallest absolute Gasteiger partial charge is 0.0675 e. The monoisotopic (exact) mass is 256 g/mol. The lowest BCUT2D eigenvalue weighted by atomic mass is 9.98. The molecule has 2 rings (SSSR count). The van der Waals surface area contributed by atoms with Crippen molar-refractivity contribution in [1.82, 2.24) is 9.78 Å². The maximum atomic E-state index is 4.66. The van der Waals surface area contributed by atoms with Gasteiger partial charge in [-0.05, 0) is 44.7 Å². The molecule has 1 heterocycles. The third-order valence-corrected chi connectivity index (χ3v) is 3.68. The predicted octanol–water partition coefficient (Wildman–Crippen LogP) is 4.87. The van der Waals surface area contributed by atoms with Crippen molar-refractivity contribution < 1.29 is 0 Å². The first-order valence-corrected chi connectivity index (χ1v) is 7.07. The van der Waals surface area contributed by atoms with Gasteiger partial charge in [-0.15, -0.1) is 0 Å². The molecule has 0 aliphatic rings. The van der Waals surface area contributed by atoms with Gasteiger partial charge >= 0.3 is 0 Å². The zero-order chi connectivity index (χ0) is 14.2. The molecule has 0 unspecified atom stereocenters. The predicted molar refractivity (Wildman–Crippen MR) is 81.6 cm³/mol. The fourth-order valence-electron chi connectivity index (χ4n) is 2.62. The SMILES string of the molecule is Cc1nn(C(C)C)c(C)c1-c1ccc(C(C)C)cc1. The van der Waals surface area contributed by atoms with E-state index in [2.05, 4.69) is 75.6 Å². The summed E-state index contributed by atoms with van der Waals surface area (Å²) in [5.74, 6) is 0.578. The molecule has 0 N–H and O–H groups in total. The molecule has 0 radical (unpaired) electrons. The van der Waals surface area contributed by atoms with E-state index < -0.39 is 0 Å². The highest BCUT2D eigenvalue weighted by molar-refractivity contribution is 5.68. The van der Waals surface area contributed by atoms with Crippen LogP contribution in [0.4, 0.5) is 0 Å². The topological polar surface area (TPSA) is 17.8 Å². The second-order valence-corrected chi connectivity index (χ2v) is 5.86. The molecule has 0 aliphatic heterocycles. The molecule has 102 valence electrons. The van der Waals surface area contributed by atoms with Gasteiger partial charge in [-0.25, -0.2) is 0 Å². The number of rotatable bonds is 3. The standard InChI is InChI=1S/C17H24N2/c1-11(2)15-7-9-16(10-8-15)17-13(5)18-19(12(3)4)14(17)6/h7-12H,1-6H3. The first-order chi connectivity index (χ1) is 8.91. The molecule has 1 aromatic heterocycles. The van der Waals surface area contributed by atoms with E-state index in [-0.39, 0.29) is 0 Å². The molecule has 0 fully saturated rings. The average Bonchev–Trinajstić information content (AvgIpc) is 2.65. The maximum absolute atomic E-state index is 4.66. The van der Waals surface area contributed by atoms with Gasteiger partial charge in [-0.2, -0.15) is 5.10 Å². The lowest BCUT2D eigenvalue weighted by molar-refractivity contribution is 0.516. The second kappa shape index (κ2) is 5.20. The van der Waals surface area contributed by atoms with Crippen LogP contribution in [0, 0.1) is 13.8 Å². The van der Waals surface area contributed by atoms with Crippen LogP contribution in [0.25, 0.3) is 11.1 Å². The van der Waals surface area contributed by atoms with Gasteiger partial charge in [0.25, 0.3) is 0 Å². The van der Waals surface area contributed by atoms with Crippen LogP contribution < -0.4 is 0 Å². The van der Waals surface area contributed by atoms with Gasteiger partial charge in [0.2, 0.25) is 0 Å². The second-order valence-electron chi connectivity index (χ2n) is 5.86. The minimum absolute atomic E-state index is 0.405. The first kappa shape index (κ1) is 13.9. The number of aryl methyl sites for hydroxylation is 1. The summed E-state index contributed by atoms with van der Waals surface area (Å²) in [5.41, 5.74) is 6.30. The molecule has 0 bridgehead atoms. The molecule has 19 heavy (non-hydrogen) atoms. The van der Waals surface area contributed by atoms with Crippen LogP contribution in [0.1, 0.15) is 56.6 Å². The molecule has 2 aromatic rings. The number of benzene rings is 1. The zero-order valence-electron chi connectivity index (χ0n) is 12.9. The molecular formula is C17H24N2. The largest absolute Gasteiger partial charge is 0.266 e. The molecular weight excluding hydrogens is 232 g/mol.